The smallest absolute Gasteiger partial charge is 0.0345 e. The maximum absolute atomic E-state index is 2.33. The van der Waals surface area contributed by atoms with E-state index in [1.165, 1.54) is 35.8 Å². The summed E-state index contributed by atoms with van der Waals surface area (Å²) in [7, 11) is 0. The maximum Gasteiger partial charge on any atom is 0.0345 e. The van der Waals surface area contributed by atoms with Crippen molar-refractivity contribution >= 4 is 21.4 Å². The predicted octanol–water partition coefficient (Wildman–Crippen LogP) is 3.78. The molecule has 0 bridgehead atoms. The van der Waals surface area contributed by atoms with Gasteiger partial charge < -0.3 is 0 Å². The van der Waals surface area contributed by atoms with Crippen molar-refractivity contribution in [1.29, 1.82) is 0 Å². The zero-order chi connectivity index (χ0) is 8.67. The number of aryl methyl sites for hydroxylation is 2. The lowest BCUT2D eigenvalue weighted by molar-refractivity contribution is 0.690. The van der Waals surface area contributed by atoms with Crippen LogP contribution in [0, 0.1) is 0 Å². The molecule has 0 atom stereocenters. The Hall–Kier alpha value is -0.820. The van der Waals surface area contributed by atoms with Crippen LogP contribution in [0.15, 0.2) is 23.6 Å². The fourth-order valence-electron chi connectivity index (χ4n) is 2.30. The second-order valence-corrected chi connectivity index (χ2v) is 4.69. The van der Waals surface area contributed by atoms with Gasteiger partial charge in [-0.2, -0.15) is 0 Å². The SMILES string of the molecule is c1cc2c3c(ccc2s1)CCCC3. The van der Waals surface area contributed by atoms with Crippen LogP contribution in [0.4, 0.5) is 0 Å². The molecule has 0 spiro atoms. The highest BCUT2D eigenvalue weighted by molar-refractivity contribution is 7.17. The van der Waals surface area contributed by atoms with E-state index in [0.29, 0.717) is 0 Å². The average molecular weight is 188 g/mol. The van der Waals surface area contributed by atoms with Crippen molar-refractivity contribution < 1.29 is 0 Å². The molecule has 2 aromatic rings. The van der Waals surface area contributed by atoms with E-state index in [2.05, 4.69) is 23.6 Å². The molecule has 66 valence electrons. The largest absolute Gasteiger partial charge is 0.144 e. The molecule has 1 aromatic carbocycles. The van der Waals surface area contributed by atoms with Crippen molar-refractivity contribution in [2.75, 3.05) is 0 Å². The Kier molecular flexibility index (Phi) is 1.66. The Labute approximate surface area is 82.2 Å². The van der Waals surface area contributed by atoms with E-state index in [-0.39, 0.29) is 0 Å². The Balaban J connectivity index is 2.34. The first-order valence-electron chi connectivity index (χ1n) is 4.93. The van der Waals surface area contributed by atoms with Crippen LogP contribution in [0.2, 0.25) is 0 Å². The van der Waals surface area contributed by atoms with E-state index in [1.54, 1.807) is 11.1 Å². The molecule has 0 radical (unpaired) electrons. The maximum atomic E-state index is 2.33. The molecular weight excluding hydrogens is 176 g/mol. The van der Waals surface area contributed by atoms with Gasteiger partial charge in [-0.3, -0.25) is 0 Å². The third-order valence-corrected chi connectivity index (χ3v) is 3.85. The summed E-state index contributed by atoms with van der Waals surface area (Å²) in [5.74, 6) is 0. The van der Waals surface area contributed by atoms with Crippen LogP contribution in [0.5, 0.6) is 0 Å². The van der Waals surface area contributed by atoms with Gasteiger partial charge in [-0.1, -0.05) is 6.07 Å². The summed E-state index contributed by atoms with van der Waals surface area (Å²) in [4.78, 5) is 0. The zero-order valence-electron chi connectivity index (χ0n) is 7.55. The molecule has 0 saturated heterocycles. The summed E-state index contributed by atoms with van der Waals surface area (Å²) in [6.07, 6.45) is 5.34. The first-order chi connectivity index (χ1) is 6.45. The van der Waals surface area contributed by atoms with Crippen molar-refractivity contribution in [3.8, 4) is 0 Å². The topological polar surface area (TPSA) is 0 Å². The quantitative estimate of drug-likeness (QED) is 0.590. The number of thiophene rings is 1. The molecule has 1 aliphatic carbocycles. The Bertz CT molecular complexity index is 439. The molecule has 1 aromatic heterocycles. The summed E-state index contributed by atoms with van der Waals surface area (Å²) in [5, 5.41) is 3.72. The summed E-state index contributed by atoms with van der Waals surface area (Å²) < 4.78 is 1.46. The number of hydrogen-bond donors (Lipinski definition) is 0. The minimum absolute atomic E-state index is 1.29. The van der Waals surface area contributed by atoms with E-state index in [1.807, 2.05) is 11.3 Å². The van der Waals surface area contributed by atoms with Crippen molar-refractivity contribution in [3.63, 3.8) is 0 Å². The molecule has 0 N–H and O–H groups in total. The Morgan fingerprint density at radius 2 is 1.92 bits per heavy atom. The summed E-state index contributed by atoms with van der Waals surface area (Å²) >= 11 is 1.86. The first-order valence-corrected chi connectivity index (χ1v) is 5.81. The fraction of sp³-hybridized carbons (Fsp3) is 0.333. The molecule has 0 aliphatic heterocycles. The Morgan fingerprint density at radius 3 is 2.92 bits per heavy atom. The van der Waals surface area contributed by atoms with Crippen molar-refractivity contribution in [2.45, 2.75) is 25.7 Å². The lowest BCUT2D eigenvalue weighted by Crippen LogP contribution is -2.01. The second-order valence-electron chi connectivity index (χ2n) is 3.74. The van der Waals surface area contributed by atoms with E-state index >= 15 is 0 Å². The summed E-state index contributed by atoms with van der Waals surface area (Å²) in [6, 6.07) is 6.89. The lowest BCUT2D eigenvalue weighted by atomic mass is 9.90. The summed E-state index contributed by atoms with van der Waals surface area (Å²) in [5.41, 5.74) is 3.22. The highest BCUT2D eigenvalue weighted by Crippen LogP contribution is 2.31. The van der Waals surface area contributed by atoms with Crippen LogP contribution >= 0.6 is 11.3 Å². The van der Waals surface area contributed by atoms with Crippen LogP contribution in [0.3, 0.4) is 0 Å². The van der Waals surface area contributed by atoms with Gasteiger partial charge >= 0.3 is 0 Å². The minimum Gasteiger partial charge on any atom is -0.144 e. The zero-order valence-corrected chi connectivity index (χ0v) is 8.36. The van der Waals surface area contributed by atoms with Crippen molar-refractivity contribution in [2.24, 2.45) is 0 Å². The molecule has 0 unspecified atom stereocenters. The second kappa shape index (κ2) is 2.85. The Morgan fingerprint density at radius 1 is 1.00 bits per heavy atom. The average Bonchev–Trinajstić information content (AvgIpc) is 2.65. The summed E-state index contributed by atoms with van der Waals surface area (Å²) in [6.45, 7) is 0. The third kappa shape index (κ3) is 1.11. The monoisotopic (exact) mass is 188 g/mol. The molecular formula is C12H12S. The van der Waals surface area contributed by atoms with Gasteiger partial charge in [0.1, 0.15) is 0 Å². The molecule has 0 fully saturated rings. The van der Waals surface area contributed by atoms with Gasteiger partial charge in [0.2, 0.25) is 0 Å². The number of rotatable bonds is 0. The first kappa shape index (κ1) is 7.57. The number of hydrogen-bond acceptors (Lipinski definition) is 1. The highest BCUT2D eigenvalue weighted by Gasteiger charge is 2.11. The fourth-order valence-corrected chi connectivity index (χ4v) is 3.11. The van der Waals surface area contributed by atoms with E-state index < -0.39 is 0 Å². The van der Waals surface area contributed by atoms with Gasteiger partial charge in [0.25, 0.3) is 0 Å². The predicted molar refractivity (Wildman–Crippen MR) is 58.5 cm³/mol. The van der Waals surface area contributed by atoms with Gasteiger partial charge in [0, 0.05) is 4.70 Å². The van der Waals surface area contributed by atoms with Crippen LogP contribution in [0.25, 0.3) is 10.1 Å². The van der Waals surface area contributed by atoms with E-state index in [4.69, 9.17) is 0 Å². The van der Waals surface area contributed by atoms with Crippen LogP contribution in [-0.4, -0.2) is 0 Å². The molecule has 1 heteroatoms. The molecule has 1 aliphatic rings. The molecule has 1 heterocycles. The third-order valence-electron chi connectivity index (χ3n) is 2.97. The van der Waals surface area contributed by atoms with E-state index in [9.17, 15) is 0 Å². The van der Waals surface area contributed by atoms with Crippen molar-refractivity contribution in [1.82, 2.24) is 0 Å². The number of benzene rings is 1. The van der Waals surface area contributed by atoms with Gasteiger partial charge in [-0.25, -0.2) is 0 Å². The van der Waals surface area contributed by atoms with Gasteiger partial charge in [-0.15, -0.1) is 11.3 Å². The van der Waals surface area contributed by atoms with Crippen LogP contribution in [-0.2, 0) is 12.8 Å². The van der Waals surface area contributed by atoms with Gasteiger partial charge in [-0.05, 0) is 59.7 Å². The lowest BCUT2D eigenvalue weighted by Gasteiger charge is -2.16. The molecule has 0 saturated carbocycles. The standard InChI is InChI=1S/C12H12S/c1-2-4-10-9(3-1)5-6-12-11(10)7-8-13-12/h5-8H,1-4H2. The molecule has 3 rings (SSSR count). The van der Waals surface area contributed by atoms with Crippen LogP contribution < -0.4 is 0 Å². The normalized spacial score (nSPS) is 16.0. The van der Waals surface area contributed by atoms with Crippen LogP contribution in [0.1, 0.15) is 24.0 Å². The molecule has 13 heavy (non-hydrogen) atoms. The van der Waals surface area contributed by atoms with Crippen molar-refractivity contribution in [3.05, 3.63) is 34.7 Å². The molecule has 0 amide bonds. The number of fused-ring (bicyclic) bond motifs is 3. The highest BCUT2D eigenvalue weighted by atomic mass is 32.1. The van der Waals surface area contributed by atoms with Gasteiger partial charge in [0.05, 0.1) is 0 Å². The minimum atomic E-state index is 1.29. The molecule has 0 nitrogen and oxygen atoms in total. The van der Waals surface area contributed by atoms with E-state index in [0.717, 1.165) is 0 Å². The van der Waals surface area contributed by atoms with Gasteiger partial charge in [0.15, 0.2) is 0 Å².